The van der Waals surface area contributed by atoms with Gasteiger partial charge in [-0.05, 0) is 45.9 Å². The molecular formula is C14H32N2V. The fourth-order valence-corrected chi connectivity index (χ4v) is 1.95. The molecule has 1 unspecified atom stereocenters. The molecule has 17 heavy (non-hydrogen) atoms. The van der Waals surface area contributed by atoms with E-state index in [-0.39, 0.29) is 0 Å². The molecule has 103 valence electrons. The Morgan fingerprint density at radius 3 is 1.94 bits per heavy atom. The van der Waals surface area contributed by atoms with E-state index in [1.165, 1.54) is 58.0 Å². The Morgan fingerprint density at radius 2 is 1.41 bits per heavy atom. The third-order valence-electron chi connectivity index (χ3n) is 2.93. The zero-order chi connectivity index (χ0) is 13.4. The van der Waals surface area contributed by atoms with Crippen LogP contribution in [0.5, 0.6) is 0 Å². The van der Waals surface area contributed by atoms with Crippen molar-refractivity contribution in [3.05, 3.63) is 0 Å². The quantitative estimate of drug-likeness (QED) is 0.568. The Balaban J connectivity index is 0. The van der Waals surface area contributed by atoms with E-state index in [1.807, 2.05) is 14.1 Å². The van der Waals surface area contributed by atoms with E-state index in [4.69, 9.17) is 0 Å². The molecule has 0 saturated carbocycles. The number of hydrogen-bond donors (Lipinski definition) is 2. The Labute approximate surface area is 118 Å². The van der Waals surface area contributed by atoms with Crippen molar-refractivity contribution in [2.45, 2.75) is 51.9 Å². The van der Waals surface area contributed by atoms with Crippen molar-refractivity contribution in [3.8, 4) is 0 Å². The summed E-state index contributed by atoms with van der Waals surface area (Å²) in [5, 5.41) is 9.62. The standard InChI is InChI=1S/C13H30N2.CH2.V/c1-13(12-15-3)10-8-6-4-5-7-9-11-14-2;;/h13-15H,4-12H2,1-3H3;1H2;. The molecule has 2 nitrogen and oxygen atoms in total. The van der Waals surface area contributed by atoms with Crippen molar-refractivity contribution in [2.24, 2.45) is 5.92 Å². The fourth-order valence-electron chi connectivity index (χ4n) is 1.95. The van der Waals surface area contributed by atoms with Crippen LogP contribution in [0.4, 0.5) is 0 Å². The number of unbranched alkanes of at least 4 members (excludes halogenated alkanes) is 5. The Bertz CT molecular complexity index is 131. The monoisotopic (exact) mass is 279 g/mol. The third-order valence-corrected chi connectivity index (χ3v) is 2.93. The Kier molecular flexibility index (Phi) is 21.7. The van der Waals surface area contributed by atoms with Crippen molar-refractivity contribution in [2.75, 3.05) is 27.2 Å². The molecule has 0 bridgehead atoms. The number of nitrogens with one attached hydrogen (secondary N) is 2. The van der Waals surface area contributed by atoms with Crippen LogP contribution in [0.2, 0.25) is 0 Å². The molecular weight excluding hydrogens is 247 g/mol. The number of hydrogen-bond acceptors (Lipinski definition) is 2. The van der Waals surface area contributed by atoms with Crippen LogP contribution in [0.25, 0.3) is 0 Å². The van der Waals surface area contributed by atoms with Crippen LogP contribution in [-0.4, -0.2) is 32.4 Å². The van der Waals surface area contributed by atoms with Gasteiger partial charge in [0, 0.05) is 0 Å². The van der Waals surface area contributed by atoms with Crippen molar-refractivity contribution in [1.82, 2.24) is 10.6 Å². The van der Waals surface area contributed by atoms with E-state index in [0.29, 0.717) is 0 Å². The summed E-state index contributed by atoms with van der Waals surface area (Å²) in [7, 11) is 4.07. The first-order chi connectivity index (χ1) is 8.31. The fraction of sp³-hybridized carbons (Fsp3) is 0.929. The van der Waals surface area contributed by atoms with E-state index in [1.54, 1.807) is 0 Å². The molecule has 0 saturated heterocycles. The molecule has 2 N–H and O–H groups in total. The first-order valence-electron chi connectivity index (χ1n) is 6.92. The zero-order valence-corrected chi connectivity index (χ0v) is 13.5. The topological polar surface area (TPSA) is 24.1 Å². The number of rotatable bonds is 11. The van der Waals surface area contributed by atoms with E-state index >= 15 is 0 Å². The van der Waals surface area contributed by atoms with Crippen LogP contribution in [0.15, 0.2) is 0 Å². The molecule has 0 aliphatic rings. The van der Waals surface area contributed by atoms with Gasteiger partial charge in [-0.1, -0.05) is 39.0 Å². The first kappa shape index (κ1) is 19.7. The average Bonchev–Trinajstić information content (AvgIpc) is 2.35. The van der Waals surface area contributed by atoms with Gasteiger partial charge in [-0.25, -0.2) is 0 Å². The summed E-state index contributed by atoms with van der Waals surface area (Å²) >= 11 is 2.06. The average molecular weight is 279 g/mol. The molecule has 0 spiro atoms. The minimum atomic E-state index is 0.847. The summed E-state index contributed by atoms with van der Waals surface area (Å²) in [6.45, 7) is 4.69. The molecule has 0 aliphatic heterocycles. The molecule has 0 fully saturated rings. The van der Waals surface area contributed by atoms with Gasteiger partial charge in [0.25, 0.3) is 0 Å². The van der Waals surface area contributed by atoms with E-state index in [2.05, 4.69) is 39.8 Å². The molecule has 0 aromatic heterocycles. The van der Waals surface area contributed by atoms with Crippen LogP contribution >= 0.6 is 0 Å². The van der Waals surface area contributed by atoms with Crippen molar-refractivity contribution in [1.29, 1.82) is 0 Å². The summed E-state index contributed by atoms with van der Waals surface area (Å²) in [6.07, 6.45) is 9.80. The normalized spacial score (nSPS) is 11.6. The summed E-state index contributed by atoms with van der Waals surface area (Å²) in [4.78, 5) is 0. The minimum absolute atomic E-state index is 0.847. The molecule has 0 aromatic carbocycles. The summed E-state index contributed by atoms with van der Waals surface area (Å²) in [5.74, 6) is 0.847. The van der Waals surface area contributed by atoms with Crippen LogP contribution in [0.3, 0.4) is 0 Å². The van der Waals surface area contributed by atoms with Crippen molar-refractivity contribution in [3.63, 3.8) is 0 Å². The summed E-state index contributed by atoms with van der Waals surface area (Å²) < 4.78 is 0. The molecule has 0 aromatic rings. The predicted molar refractivity (Wildman–Crippen MR) is 76.5 cm³/mol. The van der Waals surface area contributed by atoms with Gasteiger partial charge in [0.2, 0.25) is 0 Å². The van der Waals surface area contributed by atoms with Crippen LogP contribution in [-0.2, 0) is 17.0 Å². The van der Waals surface area contributed by atoms with Gasteiger partial charge in [-0.3, -0.25) is 0 Å². The second-order valence-electron chi connectivity index (χ2n) is 4.68. The second-order valence-corrected chi connectivity index (χ2v) is 4.68. The maximum absolute atomic E-state index is 3.24. The van der Waals surface area contributed by atoms with Crippen LogP contribution in [0, 0.1) is 5.92 Å². The molecule has 1 atom stereocenters. The van der Waals surface area contributed by atoms with E-state index in [0.717, 1.165) is 5.92 Å². The van der Waals surface area contributed by atoms with Gasteiger partial charge >= 0.3 is 22.2 Å². The maximum atomic E-state index is 3.24. The van der Waals surface area contributed by atoms with Crippen LogP contribution < -0.4 is 10.6 Å². The van der Waals surface area contributed by atoms with Crippen molar-refractivity contribution >= 4 is 5.23 Å². The Hall–Kier alpha value is 0.374. The van der Waals surface area contributed by atoms with Gasteiger partial charge in [-0.2, -0.15) is 0 Å². The summed E-state index contributed by atoms with van der Waals surface area (Å²) in [6, 6.07) is 0. The van der Waals surface area contributed by atoms with Crippen LogP contribution in [0.1, 0.15) is 51.9 Å². The van der Waals surface area contributed by atoms with Crippen molar-refractivity contribution < 1.29 is 17.0 Å². The molecule has 0 heterocycles. The molecule has 0 aliphatic carbocycles. The summed E-state index contributed by atoms with van der Waals surface area (Å²) in [5.41, 5.74) is 0. The Morgan fingerprint density at radius 1 is 0.882 bits per heavy atom. The first-order valence-corrected chi connectivity index (χ1v) is 7.90. The predicted octanol–water partition coefficient (Wildman–Crippen LogP) is 2.76. The molecule has 0 radical (unpaired) electrons. The molecule has 3 heteroatoms. The van der Waals surface area contributed by atoms with Gasteiger partial charge < -0.3 is 10.6 Å². The van der Waals surface area contributed by atoms with E-state index < -0.39 is 0 Å². The SMILES string of the molecule is CNCCCCCCCCC(C)CNC.[CH2]=[V]. The van der Waals surface area contributed by atoms with Gasteiger partial charge in [0.1, 0.15) is 0 Å². The third kappa shape index (κ3) is 18.9. The molecule has 0 rings (SSSR count). The van der Waals surface area contributed by atoms with Gasteiger partial charge in [0.15, 0.2) is 0 Å². The van der Waals surface area contributed by atoms with Gasteiger partial charge in [-0.15, -0.1) is 0 Å². The van der Waals surface area contributed by atoms with E-state index in [9.17, 15) is 0 Å². The molecule has 0 amide bonds. The zero-order valence-electron chi connectivity index (χ0n) is 12.1. The second kappa shape index (κ2) is 18.7. The van der Waals surface area contributed by atoms with Gasteiger partial charge in [0.05, 0.1) is 0 Å².